The zero-order chi connectivity index (χ0) is 24.0. The lowest BCUT2D eigenvalue weighted by molar-refractivity contribution is -0.162. The summed E-state index contributed by atoms with van der Waals surface area (Å²) in [7, 11) is 0. The number of halogens is 2. The Kier molecular flexibility index (Phi) is 12.6. The van der Waals surface area contributed by atoms with Gasteiger partial charge in [-0.3, -0.25) is 9.59 Å². The smallest absolute Gasteiger partial charge is 0.321 e. The van der Waals surface area contributed by atoms with Gasteiger partial charge in [0, 0.05) is 18.5 Å². The molecule has 0 aliphatic carbocycles. The van der Waals surface area contributed by atoms with Crippen LogP contribution in [0.3, 0.4) is 0 Å². The maximum Gasteiger partial charge on any atom is 0.321 e. The molecule has 1 aromatic carbocycles. The second-order valence-electron chi connectivity index (χ2n) is 8.31. The van der Waals surface area contributed by atoms with Crippen molar-refractivity contribution in [3.63, 3.8) is 0 Å². The van der Waals surface area contributed by atoms with Gasteiger partial charge in [0.05, 0.1) is 6.54 Å². The minimum absolute atomic E-state index is 0.0601. The first-order valence-corrected chi connectivity index (χ1v) is 11.3. The van der Waals surface area contributed by atoms with Gasteiger partial charge in [-0.1, -0.05) is 69.9 Å². The van der Waals surface area contributed by atoms with Crippen molar-refractivity contribution in [2.75, 3.05) is 6.54 Å². The van der Waals surface area contributed by atoms with E-state index in [9.17, 15) is 18.4 Å². The number of unbranched alkanes of at least 4 members (excludes halogenated alkanes) is 7. The predicted octanol–water partition coefficient (Wildman–Crippen LogP) is 5.31. The molecule has 0 aromatic heterocycles. The predicted molar refractivity (Wildman–Crippen MR) is 120 cm³/mol. The first kappa shape index (κ1) is 27.6. The van der Waals surface area contributed by atoms with Crippen LogP contribution in [0.1, 0.15) is 82.8 Å². The summed E-state index contributed by atoms with van der Waals surface area (Å²) in [6, 6.07) is 3.18. The van der Waals surface area contributed by atoms with E-state index in [-0.39, 0.29) is 25.1 Å². The summed E-state index contributed by atoms with van der Waals surface area (Å²) < 4.78 is 28.7. The van der Waals surface area contributed by atoms with Gasteiger partial charge in [0.25, 0.3) is 0 Å². The average Bonchev–Trinajstić information content (AvgIpc) is 2.75. The van der Waals surface area contributed by atoms with E-state index >= 15 is 0 Å². The van der Waals surface area contributed by atoms with E-state index in [1.165, 1.54) is 32.1 Å². The van der Waals surface area contributed by atoms with E-state index in [4.69, 9.17) is 10.2 Å². The molecular formula is C25H35F2NO4. The quantitative estimate of drug-likeness (QED) is 0.191. The van der Waals surface area contributed by atoms with Gasteiger partial charge in [0.1, 0.15) is 0 Å². The number of hydrogen-bond donors (Lipinski definition) is 3. The molecular weight excluding hydrogens is 416 g/mol. The van der Waals surface area contributed by atoms with Crippen molar-refractivity contribution in [1.82, 2.24) is 5.32 Å². The van der Waals surface area contributed by atoms with Crippen LogP contribution >= 0.6 is 0 Å². The van der Waals surface area contributed by atoms with E-state index in [2.05, 4.69) is 24.1 Å². The van der Waals surface area contributed by atoms with Crippen LogP contribution in [0, 0.1) is 28.9 Å². The molecule has 0 aliphatic heterocycles. The number of aliphatic carboxylic acids is 2. The first-order valence-electron chi connectivity index (χ1n) is 11.3. The summed E-state index contributed by atoms with van der Waals surface area (Å²) in [6.45, 7) is 3.43. The zero-order valence-corrected chi connectivity index (χ0v) is 19.1. The maximum absolute atomic E-state index is 14.3. The highest BCUT2D eigenvalue weighted by Gasteiger charge is 2.40. The molecule has 0 saturated heterocycles. The van der Waals surface area contributed by atoms with Gasteiger partial charge < -0.3 is 15.5 Å². The van der Waals surface area contributed by atoms with Crippen LogP contribution in [-0.2, 0) is 22.6 Å². The van der Waals surface area contributed by atoms with Crippen molar-refractivity contribution >= 4 is 11.9 Å². The third-order valence-corrected chi connectivity index (χ3v) is 5.58. The molecule has 178 valence electrons. The summed E-state index contributed by atoms with van der Waals surface area (Å²) in [5, 5.41) is 20.9. The summed E-state index contributed by atoms with van der Waals surface area (Å²) in [6.07, 6.45) is 9.32. The number of rotatable bonds is 15. The minimum atomic E-state index is -1.98. The zero-order valence-electron chi connectivity index (χ0n) is 19.1. The third kappa shape index (κ3) is 8.96. The van der Waals surface area contributed by atoms with Gasteiger partial charge in [-0.15, -0.1) is 5.92 Å². The minimum Gasteiger partial charge on any atom is -0.480 e. The van der Waals surface area contributed by atoms with Crippen molar-refractivity contribution in [1.29, 1.82) is 0 Å². The Morgan fingerprint density at radius 2 is 1.44 bits per heavy atom. The van der Waals surface area contributed by atoms with Gasteiger partial charge in [0.15, 0.2) is 17.0 Å². The highest BCUT2D eigenvalue weighted by molar-refractivity contribution is 5.98. The SMILES string of the molecule is CCCCCCCCCCc1ccc(CNCC#CCC(C)(C(=O)O)C(=O)O)c(F)c1F. The molecule has 1 aromatic rings. The van der Waals surface area contributed by atoms with E-state index in [1.807, 2.05) is 0 Å². The van der Waals surface area contributed by atoms with Crippen molar-refractivity contribution in [2.45, 2.75) is 84.6 Å². The summed E-state index contributed by atoms with van der Waals surface area (Å²) in [5.74, 6) is 0.534. The Bertz CT molecular complexity index is 800. The Hall–Kier alpha value is -2.46. The Labute approximate surface area is 189 Å². The molecule has 0 fully saturated rings. The number of carboxylic acids is 2. The number of hydrogen-bond acceptors (Lipinski definition) is 3. The van der Waals surface area contributed by atoms with Gasteiger partial charge in [-0.25, -0.2) is 8.78 Å². The van der Waals surface area contributed by atoms with Crippen LogP contribution in [-0.4, -0.2) is 28.7 Å². The van der Waals surface area contributed by atoms with Gasteiger partial charge in [-0.05, 0) is 25.3 Å². The van der Waals surface area contributed by atoms with Crippen LogP contribution in [0.2, 0.25) is 0 Å². The number of aryl methyl sites for hydroxylation is 1. The monoisotopic (exact) mass is 451 g/mol. The lowest BCUT2D eigenvalue weighted by Gasteiger charge is -2.15. The van der Waals surface area contributed by atoms with Gasteiger partial charge in [0.2, 0.25) is 0 Å². The number of nitrogens with one attached hydrogen (secondary N) is 1. The Balaban J connectivity index is 2.43. The first-order chi connectivity index (χ1) is 15.2. The number of carbonyl (C=O) groups is 2. The van der Waals surface area contributed by atoms with Crippen molar-refractivity contribution in [2.24, 2.45) is 5.41 Å². The highest BCUT2D eigenvalue weighted by Crippen LogP contribution is 2.21. The third-order valence-electron chi connectivity index (χ3n) is 5.58. The molecule has 0 aliphatic rings. The summed E-state index contributed by atoms with van der Waals surface area (Å²) in [5.41, 5.74) is -1.41. The normalized spacial score (nSPS) is 11.1. The fourth-order valence-electron chi connectivity index (χ4n) is 3.21. The number of benzene rings is 1. The van der Waals surface area contributed by atoms with E-state index in [1.54, 1.807) is 12.1 Å². The topological polar surface area (TPSA) is 86.6 Å². The molecule has 7 heteroatoms. The average molecular weight is 452 g/mol. The van der Waals surface area contributed by atoms with Crippen molar-refractivity contribution in [3.05, 3.63) is 34.9 Å². The second-order valence-corrected chi connectivity index (χ2v) is 8.31. The highest BCUT2D eigenvalue weighted by atomic mass is 19.2. The molecule has 0 saturated carbocycles. The molecule has 0 spiro atoms. The fraction of sp³-hybridized carbons (Fsp3) is 0.600. The van der Waals surface area contributed by atoms with Crippen LogP contribution in [0.15, 0.2) is 12.1 Å². The lowest BCUT2D eigenvalue weighted by Crippen LogP contribution is -2.35. The second kappa shape index (κ2) is 14.6. The van der Waals surface area contributed by atoms with Gasteiger partial charge in [-0.2, -0.15) is 0 Å². The lowest BCUT2D eigenvalue weighted by atomic mass is 9.87. The van der Waals surface area contributed by atoms with Crippen LogP contribution in [0.25, 0.3) is 0 Å². The molecule has 1 rings (SSSR count). The maximum atomic E-state index is 14.3. The number of carboxylic acid groups (broad SMARTS) is 2. The Morgan fingerprint density at radius 1 is 0.906 bits per heavy atom. The van der Waals surface area contributed by atoms with Crippen molar-refractivity contribution in [3.8, 4) is 11.8 Å². The van der Waals surface area contributed by atoms with Crippen LogP contribution < -0.4 is 5.32 Å². The molecule has 3 N–H and O–H groups in total. The van der Waals surface area contributed by atoms with E-state index in [0.717, 1.165) is 26.2 Å². The van der Waals surface area contributed by atoms with Crippen molar-refractivity contribution < 1.29 is 28.6 Å². The molecule has 0 amide bonds. The van der Waals surface area contributed by atoms with Gasteiger partial charge >= 0.3 is 11.9 Å². The van der Waals surface area contributed by atoms with Crippen LogP contribution in [0.5, 0.6) is 0 Å². The molecule has 0 radical (unpaired) electrons. The molecule has 0 unspecified atom stereocenters. The molecule has 0 atom stereocenters. The van der Waals surface area contributed by atoms with E-state index in [0.29, 0.717) is 12.0 Å². The molecule has 0 bridgehead atoms. The largest absolute Gasteiger partial charge is 0.480 e. The standard InChI is InChI=1S/C25H35F2NO4/c1-3-4-5-6-7-8-9-10-13-19-14-15-20(22(27)21(19)26)18-28-17-12-11-16-25(2,23(29)30)24(31)32/h14-15,28H,3-10,13,16-18H2,1-2H3,(H,29,30)(H,31,32). The Morgan fingerprint density at radius 3 is 2.03 bits per heavy atom. The van der Waals surface area contributed by atoms with Crippen LogP contribution in [0.4, 0.5) is 8.78 Å². The molecule has 0 heterocycles. The summed E-state index contributed by atoms with van der Waals surface area (Å²) >= 11 is 0. The molecule has 5 nitrogen and oxygen atoms in total. The summed E-state index contributed by atoms with van der Waals surface area (Å²) in [4.78, 5) is 22.1. The van der Waals surface area contributed by atoms with E-state index < -0.39 is 29.0 Å². The molecule has 32 heavy (non-hydrogen) atoms. The fourth-order valence-corrected chi connectivity index (χ4v) is 3.21.